The summed E-state index contributed by atoms with van der Waals surface area (Å²) >= 11 is 0. The lowest BCUT2D eigenvalue weighted by atomic mass is 9.93. The van der Waals surface area contributed by atoms with Crippen LogP contribution in [0.1, 0.15) is 22.7 Å². The molecule has 5 rings (SSSR count). The molecule has 162 valence electrons. The van der Waals surface area contributed by atoms with Crippen molar-refractivity contribution in [3.63, 3.8) is 0 Å². The summed E-state index contributed by atoms with van der Waals surface area (Å²) in [5.41, 5.74) is 2.16. The summed E-state index contributed by atoms with van der Waals surface area (Å²) < 4.78 is 0. The fourth-order valence-corrected chi connectivity index (χ4v) is 4.44. The van der Waals surface area contributed by atoms with Gasteiger partial charge in [-0.2, -0.15) is 0 Å². The number of aromatic hydroxyl groups is 1. The number of aliphatic hydroxyl groups excluding tert-OH is 1. The molecule has 0 saturated carbocycles. The molecule has 1 fully saturated rings. The van der Waals surface area contributed by atoms with E-state index in [0.29, 0.717) is 11.1 Å². The normalized spacial score (nSPS) is 17.6. The summed E-state index contributed by atoms with van der Waals surface area (Å²) in [5.74, 6) is -1.95. The van der Waals surface area contributed by atoms with Crippen LogP contribution in [0, 0.1) is 6.92 Å². The monoisotopic (exact) mass is 435 g/mol. The van der Waals surface area contributed by atoms with Gasteiger partial charge in [-0.05, 0) is 41.0 Å². The second-order valence-corrected chi connectivity index (χ2v) is 8.10. The van der Waals surface area contributed by atoms with Crippen molar-refractivity contribution in [2.24, 2.45) is 0 Å². The Bertz CT molecular complexity index is 1430. The average molecular weight is 435 g/mol. The first-order valence-electron chi connectivity index (χ1n) is 10.6. The van der Waals surface area contributed by atoms with Gasteiger partial charge in [-0.25, -0.2) is 0 Å². The summed E-state index contributed by atoms with van der Waals surface area (Å²) in [6.45, 7) is 1.84. The van der Waals surface area contributed by atoms with Crippen LogP contribution in [0.5, 0.6) is 5.75 Å². The van der Waals surface area contributed by atoms with E-state index < -0.39 is 17.7 Å². The number of benzene rings is 4. The summed E-state index contributed by atoms with van der Waals surface area (Å²) in [7, 11) is 0. The number of aryl methyl sites for hydroxylation is 1. The SMILES string of the molecule is Cc1ccc(O)c(N2C(=O)C(=O)/C(=C(\O)c3cccc4ccccc34)C2c2ccccc2)c1. The van der Waals surface area contributed by atoms with E-state index in [4.69, 9.17) is 0 Å². The van der Waals surface area contributed by atoms with Crippen molar-refractivity contribution < 1.29 is 19.8 Å². The van der Waals surface area contributed by atoms with Crippen molar-refractivity contribution in [2.75, 3.05) is 4.90 Å². The number of hydrogen-bond acceptors (Lipinski definition) is 4. The molecule has 1 unspecified atom stereocenters. The number of fused-ring (bicyclic) bond motifs is 1. The first-order valence-corrected chi connectivity index (χ1v) is 10.6. The Labute approximate surface area is 190 Å². The third-order valence-corrected chi connectivity index (χ3v) is 5.99. The minimum absolute atomic E-state index is 0.0107. The number of anilines is 1. The van der Waals surface area contributed by atoms with E-state index >= 15 is 0 Å². The van der Waals surface area contributed by atoms with E-state index in [1.807, 2.05) is 55.5 Å². The highest BCUT2D eigenvalue weighted by Gasteiger charge is 2.47. The van der Waals surface area contributed by atoms with Crippen molar-refractivity contribution in [1.82, 2.24) is 0 Å². The number of ketones is 1. The smallest absolute Gasteiger partial charge is 0.300 e. The third-order valence-electron chi connectivity index (χ3n) is 5.99. The molecule has 0 bridgehead atoms. The number of rotatable bonds is 3. The number of Topliss-reactive ketones (excluding diaryl/α,β-unsaturated/α-hetero) is 1. The molecule has 4 aromatic rings. The van der Waals surface area contributed by atoms with E-state index in [2.05, 4.69) is 0 Å². The highest BCUT2D eigenvalue weighted by Crippen LogP contribution is 2.45. The Balaban J connectivity index is 1.80. The average Bonchev–Trinajstić information content (AvgIpc) is 3.10. The van der Waals surface area contributed by atoms with Gasteiger partial charge < -0.3 is 10.2 Å². The summed E-state index contributed by atoms with van der Waals surface area (Å²) in [4.78, 5) is 27.9. The van der Waals surface area contributed by atoms with Crippen LogP contribution >= 0.6 is 0 Å². The molecule has 2 N–H and O–H groups in total. The summed E-state index contributed by atoms with van der Waals surface area (Å²) in [6.07, 6.45) is 0. The molecule has 5 nitrogen and oxygen atoms in total. The van der Waals surface area contributed by atoms with Crippen LogP contribution in [0.15, 0.2) is 96.6 Å². The van der Waals surface area contributed by atoms with Gasteiger partial charge in [-0.15, -0.1) is 0 Å². The number of carbonyl (C=O) groups is 2. The Hall–Kier alpha value is -4.38. The van der Waals surface area contributed by atoms with Crippen molar-refractivity contribution in [2.45, 2.75) is 13.0 Å². The minimum Gasteiger partial charge on any atom is -0.507 e. The number of carbonyl (C=O) groups excluding carboxylic acids is 2. The Morgan fingerprint density at radius 1 is 0.848 bits per heavy atom. The van der Waals surface area contributed by atoms with Crippen molar-refractivity contribution in [3.8, 4) is 5.75 Å². The predicted molar refractivity (Wildman–Crippen MR) is 128 cm³/mol. The zero-order valence-corrected chi connectivity index (χ0v) is 17.9. The molecule has 0 aromatic heterocycles. The van der Waals surface area contributed by atoms with Gasteiger partial charge in [0.15, 0.2) is 0 Å². The van der Waals surface area contributed by atoms with E-state index in [0.717, 1.165) is 16.3 Å². The lowest BCUT2D eigenvalue weighted by Gasteiger charge is -2.26. The maximum atomic E-state index is 13.3. The van der Waals surface area contributed by atoms with Gasteiger partial charge in [-0.3, -0.25) is 14.5 Å². The minimum atomic E-state index is -0.891. The van der Waals surface area contributed by atoms with Gasteiger partial charge in [0.1, 0.15) is 11.5 Å². The molecule has 5 heteroatoms. The number of aliphatic hydroxyl groups is 1. The number of nitrogens with zero attached hydrogens (tertiary/aromatic N) is 1. The maximum absolute atomic E-state index is 13.3. The first kappa shape index (κ1) is 20.5. The predicted octanol–water partition coefficient (Wildman–Crippen LogP) is 5.48. The summed E-state index contributed by atoms with van der Waals surface area (Å²) in [6, 6.07) is 26.0. The molecule has 1 saturated heterocycles. The van der Waals surface area contributed by atoms with Crippen LogP contribution in [0.25, 0.3) is 16.5 Å². The van der Waals surface area contributed by atoms with Crippen molar-refractivity contribution >= 4 is 33.9 Å². The molecule has 33 heavy (non-hydrogen) atoms. The maximum Gasteiger partial charge on any atom is 0.300 e. The van der Waals surface area contributed by atoms with Gasteiger partial charge in [0.2, 0.25) is 0 Å². The lowest BCUT2D eigenvalue weighted by Crippen LogP contribution is -2.29. The second-order valence-electron chi connectivity index (χ2n) is 8.10. The standard InChI is InChI=1S/C28H21NO4/c1-17-14-15-23(30)22(16-17)29-25(19-9-3-2-4-10-19)24(27(32)28(29)33)26(31)21-13-7-11-18-8-5-6-12-20(18)21/h2-16,25,30-31H,1H3/b26-24-. The van der Waals surface area contributed by atoms with Crippen LogP contribution in [0.4, 0.5) is 5.69 Å². The van der Waals surface area contributed by atoms with Gasteiger partial charge in [-0.1, -0.05) is 78.9 Å². The number of phenols is 1. The van der Waals surface area contributed by atoms with E-state index in [1.54, 1.807) is 36.4 Å². The Kier molecular flexibility index (Phi) is 4.94. The molecule has 1 heterocycles. The third kappa shape index (κ3) is 3.34. The molecule has 1 aliphatic rings. The van der Waals surface area contributed by atoms with Crippen molar-refractivity contribution in [1.29, 1.82) is 0 Å². The van der Waals surface area contributed by atoms with Crippen LogP contribution < -0.4 is 4.90 Å². The highest BCUT2D eigenvalue weighted by atomic mass is 16.3. The Morgan fingerprint density at radius 2 is 1.55 bits per heavy atom. The second kappa shape index (κ2) is 7.95. The molecule has 0 radical (unpaired) electrons. The van der Waals surface area contributed by atoms with Gasteiger partial charge in [0.05, 0.1) is 17.3 Å². The topological polar surface area (TPSA) is 77.8 Å². The van der Waals surface area contributed by atoms with Crippen LogP contribution in [0.2, 0.25) is 0 Å². The van der Waals surface area contributed by atoms with Crippen LogP contribution in [0.3, 0.4) is 0 Å². The zero-order valence-electron chi connectivity index (χ0n) is 17.9. The fourth-order valence-electron chi connectivity index (χ4n) is 4.44. The van der Waals surface area contributed by atoms with Gasteiger partial charge >= 0.3 is 0 Å². The Morgan fingerprint density at radius 3 is 2.33 bits per heavy atom. The zero-order chi connectivity index (χ0) is 23.1. The molecule has 0 spiro atoms. The lowest BCUT2D eigenvalue weighted by molar-refractivity contribution is -0.132. The molecule has 1 amide bonds. The number of phenolic OH excluding ortho intramolecular Hbond substituents is 1. The molecule has 1 atom stereocenters. The first-order chi connectivity index (χ1) is 16.0. The molecular formula is C28H21NO4. The van der Waals surface area contributed by atoms with E-state index in [1.165, 1.54) is 11.0 Å². The van der Waals surface area contributed by atoms with Crippen molar-refractivity contribution in [3.05, 3.63) is 113 Å². The molecule has 4 aromatic carbocycles. The quantitative estimate of drug-likeness (QED) is 0.254. The molecule has 1 aliphatic heterocycles. The number of amides is 1. The largest absolute Gasteiger partial charge is 0.507 e. The number of hydrogen-bond donors (Lipinski definition) is 2. The highest BCUT2D eigenvalue weighted by molar-refractivity contribution is 6.52. The van der Waals surface area contributed by atoms with Gasteiger partial charge in [0.25, 0.3) is 11.7 Å². The fraction of sp³-hybridized carbons (Fsp3) is 0.0714. The molecule has 0 aliphatic carbocycles. The van der Waals surface area contributed by atoms with Crippen LogP contribution in [-0.4, -0.2) is 21.9 Å². The van der Waals surface area contributed by atoms with E-state index in [9.17, 15) is 19.8 Å². The molecular weight excluding hydrogens is 414 g/mol. The van der Waals surface area contributed by atoms with Crippen LogP contribution in [-0.2, 0) is 9.59 Å². The van der Waals surface area contributed by atoms with E-state index in [-0.39, 0.29) is 22.8 Å². The van der Waals surface area contributed by atoms with Gasteiger partial charge in [0, 0.05) is 5.56 Å². The summed E-state index contributed by atoms with van der Waals surface area (Å²) in [5, 5.41) is 23.7.